The van der Waals surface area contributed by atoms with Gasteiger partial charge >= 0.3 is 6.03 Å². The molecule has 0 aliphatic rings. The van der Waals surface area contributed by atoms with E-state index in [0.717, 1.165) is 5.56 Å². The Morgan fingerprint density at radius 1 is 1.29 bits per heavy atom. The quantitative estimate of drug-likeness (QED) is 0.854. The Kier molecular flexibility index (Phi) is 4.40. The van der Waals surface area contributed by atoms with Crippen LogP contribution in [0.25, 0.3) is 0 Å². The zero-order valence-electron chi connectivity index (χ0n) is 10.7. The number of urea groups is 1. The third-order valence-corrected chi connectivity index (χ3v) is 2.72. The normalized spacial score (nSPS) is 11.4. The lowest BCUT2D eigenvalue weighted by Crippen LogP contribution is -2.48. The molecule has 0 unspecified atom stereocenters. The van der Waals surface area contributed by atoms with Crippen LogP contribution >= 0.6 is 11.6 Å². The molecule has 2 N–H and O–H groups in total. The molecule has 0 aliphatic heterocycles. The summed E-state index contributed by atoms with van der Waals surface area (Å²) in [5, 5.41) is 6.36. The Labute approximate surface area is 108 Å². The van der Waals surface area contributed by atoms with E-state index in [2.05, 4.69) is 10.6 Å². The molecular weight excluding hydrogens is 236 g/mol. The van der Waals surface area contributed by atoms with Gasteiger partial charge in [0.2, 0.25) is 0 Å². The standard InChI is InChI=1S/C13H19ClN2O/c1-9(2)15-12(17)16-13(3,4)10-7-5-6-8-11(10)14/h5-9H,1-4H3,(H2,15,16,17). The Hall–Kier alpha value is -1.22. The third-order valence-electron chi connectivity index (χ3n) is 2.39. The van der Waals surface area contributed by atoms with E-state index in [1.165, 1.54) is 0 Å². The van der Waals surface area contributed by atoms with E-state index in [9.17, 15) is 4.79 Å². The predicted molar refractivity (Wildman–Crippen MR) is 71.3 cm³/mol. The number of carbonyl (C=O) groups excluding carboxylic acids is 1. The van der Waals surface area contributed by atoms with Gasteiger partial charge in [-0.3, -0.25) is 0 Å². The largest absolute Gasteiger partial charge is 0.336 e. The molecule has 1 aromatic rings. The van der Waals surface area contributed by atoms with Crippen molar-refractivity contribution in [3.63, 3.8) is 0 Å². The molecule has 0 radical (unpaired) electrons. The monoisotopic (exact) mass is 254 g/mol. The molecule has 0 atom stereocenters. The van der Waals surface area contributed by atoms with Crippen molar-refractivity contribution >= 4 is 17.6 Å². The molecule has 2 amide bonds. The molecular formula is C13H19ClN2O. The van der Waals surface area contributed by atoms with Crippen molar-refractivity contribution in [2.24, 2.45) is 0 Å². The second kappa shape index (κ2) is 5.41. The Morgan fingerprint density at radius 3 is 2.41 bits per heavy atom. The SMILES string of the molecule is CC(C)NC(=O)NC(C)(C)c1ccccc1Cl. The average molecular weight is 255 g/mol. The maximum absolute atomic E-state index is 11.7. The summed E-state index contributed by atoms with van der Waals surface area (Å²) >= 11 is 6.13. The maximum atomic E-state index is 11.7. The lowest BCUT2D eigenvalue weighted by Gasteiger charge is -2.28. The molecule has 0 aromatic heterocycles. The molecule has 1 rings (SSSR count). The fourth-order valence-electron chi connectivity index (χ4n) is 1.62. The molecule has 0 saturated heterocycles. The number of carbonyl (C=O) groups is 1. The van der Waals surface area contributed by atoms with Gasteiger partial charge in [-0.1, -0.05) is 29.8 Å². The summed E-state index contributed by atoms with van der Waals surface area (Å²) in [6.45, 7) is 7.69. The van der Waals surface area contributed by atoms with E-state index in [4.69, 9.17) is 11.6 Å². The highest BCUT2D eigenvalue weighted by atomic mass is 35.5. The first-order valence-electron chi connectivity index (χ1n) is 5.66. The van der Waals surface area contributed by atoms with Gasteiger partial charge in [0.05, 0.1) is 5.54 Å². The Morgan fingerprint density at radius 2 is 1.88 bits per heavy atom. The Balaban J connectivity index is 2.82. The summed E-state index contributed by atoms with van der Waals surface area (Å²) in [4.78, 5) is 11.7. The highest BCUT2D eigenvalue weighted by Crippen LogP contribution is 2.27. The van der Waals surface area contributed by atoms with E-state index < -0.39 is 5.54 Å². The van der Waals surface area contributed by atoms with Crippen LogP contribution in [0, 0.1) is 0 Å². The lowest BCUT2D eigenvalue weighted by molar-refractivity contribution is 0.227. The van der Waals surface area contributed by atoms with Crippen LogP contribution in [0.3, 0.4) is 0 Å². The molecule has 17 heavy (non-hydrogen) atoms. The second-order valence-electron chi connectivity index (χ2n) is 4.86. The molecule has 4 heteroatoms. The van der Waals surface area contributed by atoms with Crippen molar-refractivity contribution in [1.82, 2.24) is 10.6 Å². The van der Waals surface area contributed by atoms with Gasteiger partial charge in [0.25, 0.3) is 0 Å². The molecule has 0 fully saturated rings. The number of halogens is 1. The first-order valence-corrected chi connectivity index (χ1v) is 6.04. The number of amides is 2. The molecule has 1 aromatic carbocycles. The first-order chi connectivity index (χ1) is 7.83. The third kappa shape index (κ3) is 3.93. The van der Waals surface area contributed by atoms with E-state index in [1.54, 1.807) is 0 Å². The topological polar surface area (TPSA) is 41.1 Å². The van der Waals surface area contributed by atoms with Crippen molar-refractivity contribution in [3.8, 4) is 0 Å². The van der Waals surface area contributed by atoms with E-state index >= 15 is 0 Å². The minimum absolute atomic E-state index is 0.108. The number of rotatable bonds is 3. The second-order valence-corrected chi connectivity index (χ2v) is 5.27. The average Bonchev–Trinajstić information content (AvgIpc) is 2.15. The summed E-state index contributed by atoms with van der Waals surface area (Å²) in [6, 6.07) is 7.43. The highest BCUT2D eigenvalue weighted by molar-refractivity contribution is 6.31. The summed E-state index contributed by atoms with van der Waals surface area (Å²) in [6.07, 6.45) is 0. The van der Waals surface area contributed by atoms with Crippen LogP contribution in [0.15, 0.2) is 24.3 Å². The molecule has 0 spiro atoms. The van der Waals surface area contributed by atoms with Gasteiger partial charge in [-0.25, -0.2) is 4.79 Å². The molecule has 0 aliphatic carbocycles. The van der Waals surface area contributed by atoms with Crippen LogP contribution in [0.1, 0.15) is 33.3 Å². The maximum Gasteiger partial charge on any atom is 0.315 e. The molecule has 0 heterocycles. The highest BCUT2D eigenvalue weighted by Gasteiger charge is 2.25. The fourth-order valence-corrected chi connectivity index (χ4v) is 1.99. The number of hydrogen-bond acceptors (Lipinski definition) is 1. The summed E-state index contributed by atoms with van der Waals surface area (Å²) in [7, 11) is 0. The smallest absolute Gasteiger partial charge is 0.315 e. The van der Waals surface area contributed by atoms with Crippen LogP contribution in [-0.4, -0.2) is 12.1 Å². The van der Waals surface area contributed by atoms with Gasteiger partial charge < -0.3 is 10.6 Å². The van der Waals surface area contributed by atoms with E-state index in [-0.39, 0.29) is 12.1 Å². The van der Waals surface area contributed by atoms with Gasteiger partial charge in [0, 0.05) is 11.1 Å². The molecule has 3 nitrogen and oxygen atoms in total. The molecule has 94 valence electrons. The lowest BCUT2D eigenvalue weighted by atomic mass is 9.94. The molecule has 0 saturated carbocycles. The van der Waals surface area contributed by atoms with E-state index in [0.29, 0.717) is 5.02 Å². The summed E-state index contributed by atoms with van der Waals surface area (Å²) in [5.74, 6) is 0. The van der Waals surface area contributed by atoms with Crippen LogP contribution in [0.2, 0.25) is 5.02 Å². The number of nitrogens with one attached hydrogen (secondary N) is 2. The predicted octanol–water partition coefficient (Wildman–Crippen LogP) is 3.28. The fraction of sp³-hybridized carbons (Fsp3) is 0.462. The number of hydrogen-bond donors (Lipinski definition) is 2. The van der Waals surface area contributed by atoms with Gasteiger partial charge in [-0.2, -0.15) is 0 Å². The minimum atomic E-state index is -0.503. The van der Waals surface area contributed by atoms with Crippen molar-refractivity contribution in [3.05, 3.63) is 34.9 Å². The summed E-state index contributed by atoms with van der Waals surface area (Å²) in [5.41, 5.74) is 0.401. The first kappa shape index (κ1) is 13.8. The molecule has 0 bridgehead atoms. The zero-order valence-corrected chi connectivity index (χ0v) is 11.4. The van der Waals surface area contributed by atoms with Gasteiger partial charge in [0.1, 0.15) is 0 Å². The van der Waals surface area contributed by atoms with Crippen molar-refractivity contribution in [2.75, 3.05) is 0 Å². The van der Waals surface area contributed by atoms with Gasteiger partial charge in [0.15, 0.2) is 0 Å². The van der Waals surface area contributed by atoms with Crippen LogP contribution < -0.4 is 10.6 Å². The minimum Gasteiger partial charge on any atom is -0.336 e. The van der Waals surface area contributed by atoms with Crippen LogP contribution in [-0.2, 0) is 5.54 Å². The Bertz CT molecular complexity index is 402. The van der Waals surface area contributed by atoms with Crippen molar-refractivity contribution < 1.29 is 4.79 Å². The summed E-state index contributed by atoms with van der Waals surface area (Å²) < 4.78 is 0. The zero-order chi connectivity index (χ0) is 13.1. The number of benzene rings is 1. The van der Waals surface area contributed by atoms with Gasteiger partial charge in [-0.15, -0.1) is 0 Å². The van der Waals surface area contributed by atoms with E-state index in [1.807, 2.05) is 52.0 Å². The van der Waals surface area contributed by atoms with Gasteiger partial charge in [-0.05, 0) is 39.3 Å². The van der Waals surface area contributed by atoms with Crippen LogP contribution in [0.4, 0.5) is 4.79 Å². The van der Waals surface area contributed by atoms with Crippen molar-refractivity contribution in [2.45, 2.75) is 39.3 Å². The van der Waals surface area contributed by atoms with Crippen molar-refractivity contribution in [1.29, 1.82) is 0 Å². The van der Waals surface area contributed by atoms with Crippen LogP contribution in [0.5, 0.6) is 0 Å².